The van der Waals surface area contributed by atoms with E-state index in [1.54, 1.807) is 22.7 Å². The fourth-order valence-electron chi connectivity index (χ4n) is 2.52. The van der Waals surface area contributed by atoms with Crippen LogP contribution in [0.1, 0.15) is 23.2 Å². The molecule has 1 heterocycles. The van der Waals surface area contributed by atoms with Crippen LogP contribution in [0.15, 0.2) is 22.7 Å². The Morgan fingerprint density at radius 1 is 1.38 bits per heavy atom. The molecule has 4 nitrogen and oxygen atoms in total. The molecule has 2 unspecified atom stereocenters. The van der Waals surface area contributed by atoms with Crippen LogP contribution in [-0.2, 0) is 4.79 Å². The van der Waals surface area contributed by atoms with E-state index in [1.165, 1.54) is 0 Å². The van der Waals surface area contributed by atoms with E-state index in [4.69, 9.17) is 0 Å². The third-order valence-electron chi connectivity index (χ3n) is 3.74. The number of nitrogens with zero attached hydrogens (tertiary/aromatic N) is 1. The van der Waals surface area contributed by atoms with E-state index in [1.807, 2.05) is 12.1 Å². The van der Waals surface area contributed by atoms with Crippen LogP contribution in [0.4, 0.5) is 0 Å². The Labute approximate surface area is 148 Å². The number of carbonyl (C=O) groups excluding carboxylic acids is 1. The van der Waals surface area contributed by atoms with E-state index in [2.05, 4.69) is 38.5 Å². The van der Waals surface area contributed by atoms with Gasteiger partial charge in [0.25, 0.3) is 5.91 Å². The van der Waals surface area contributed by atoms with Gasteiger partial charge in [0.05, 0.1) is 10.9 Å². The Morgan fingerprint density at radius 2 is 2.10 bits per heavy atom. The topological polar surface area (TPSA) is 57.6 Å². The summed E-state index contributed by atoms with van der Waals surface area (Å²) in [6.07, 6.45) is 2.17. The van der Waals surface area contributed by atoms with Gasteiger partial charge >= 0.3 is 5.97 Å². The summed E-state index contributed by atoms with van der Waals surface area (Å²) in [6.45, 7) is 0. The van der Waals surface area contributed by atoms with E-state index < -0.39 is 12.0 Å². The number of hydrogen-bond acceptors (Lipinski definition) is 3. The minimum atomic E-state index is -0.916. The van der Waals surface area contributed by atoms with Gasteiger partial charge in [-0.1, -0.05) is 0 Å². The standard InChI is InChI=1S/C14H13BrINO3S/c15-10-4-3-8(16)5-9(10)12(18)17-11(14(19)20)6-21-13(17)7-1-2-7/h3-5,7,11,13H,1-2,6H2,(H,19,20). The predicted molar refractivity (Wildman–Crippen MR) is 93.4 cm³/mol. The highest BCUT2D eigenvalue weighted by Gasteiger charge is 2.48. The lowest BCUT2D eigenvalue weighted by molar-refractivity contribution is -0.141. The zero-order valence-electron chi connectivity index (χ0n) is 11.0. The first-order valence-corrected chi connectivity index (χ1v) is 9.53. The van der Waals surface area contributed by atoms with E-state index in [-0.39, 0.29) is 11.3 Å². The van der Waals surface area contributed by atoms with E-state index in [9.17, 15) is 14.7 Å². The van der Waals surface area contributed by atoms with Crippen molar-refractivity contribution in [3.8, 4) is 0 Å². The molecule has 1 aliphatic carbocycles. The number of rotatable bonds is 3. The quantitative estimate of drug-likeness (QED) is 0.672. The van der Waals surface area contributed by atoms with Crippen LogP contribution in [0.25, 0.3) is 0 Å². The molecule has 1 aliphatic heterocycles. The van der Waals surface area contributed by atoms with Crippen LogP contribution >= 0.6 is 50.3 Å². The van der Waals surface area contributed by atoms with Crippen molar-refractivity contribution in [3.05, 3.63) is 31.8 Å². The minimum Gasteiger partial charge on any atom is -0.480 e. The van der Waals surface area contributed by atoms with Crippen LogP contribution in [-0.4, -0.2) is 39.1 Å². The molecular weight excluding hydrogens is 469 g/mol. The van der Waals surface area contributed by atoms with Gasteiger partial charge in [0, 0.05) is 13.8 Å². The molecule has 1 N–H and O–H groups in total. The number of carboxylic acid groups (broad SMARTS) is 1. The second-order valence-corrected chi connectivity index (χ2v) is 8.50. The van der Waals surface area contributed by atoms with Crippen molar-refractivity contribution < 1.29 is 14.7 Å². The molecule has 7 heteroatoms. The first kappa shape index (κ1) is 15.6. The molecule has 2 atom stereocenters. The molecule has 1 amide bonds. The number of thioether (sulfide) groups is 1. The fourth-order valence-corrected chi connectivity index (χ4v) is 5.06. The minimum absolute atomic E-state index is 0.00312. The van der Waals surface area contributed by atoms with E-state index in [0.717, 1.165) is 16.4 Å². The summed E-state index contributed by atoms with van der Waals surface area (Å²) < 4.78 is 1.67. The van der Waals surface area contributed by atoms with Gasteiger partial charge in [-0.15, -0.1) is 11.8 Å². The first-order valence-electron chi connectivity index (χ1n) is 6.61. The highest BCUT2D eigenvalue weighted by molar-refractivity contribution is 14.1. The van der Waals surface area contributed by atoms with Gasteiger partial charge in [0.2, 0.25) is 0 Å². The molecule has 3 rings (SSSR count). The maximum absolute atomic E-state index is 12.9. The van der Waals surface area contributed by atoms with E-state index >= 15 is 0 Å². The molecule has 0 spiro atoms. The molecule has 1 aromatic rings. The normalized spacial score (nSPS) is 25.1. The molecule has 2 aliphatic rings. The lowest BCUT2D eigenvalue weighted by atomic mass is 10.1. The molecule has 0 aromatic heterocycles. The second-order valence-electron chi connectivity index (χ2n) is 5.25. The first-order chi connectivity index (χ1) is 9.99. The van der Waals surface area contributed by atoms with Crippen molar-refractivity contribution >= 4 is 62.2 Å². The summed E-state index contributed by atoms with van der Waals surface area (Å²) in [4.78, 5) is 25.9. The largest absolute Gasteiger partial charge is 0.480 e. The molecule has 1 saturated heterocycles. The number of hydrogen-bond donors (Lipinski definition) is 1. The highest BCUT2D eigenvalue weighted by atomic mass is 127. The Balaban J connectivity index is 1.95. The summed E-state index contributed by atoms with van der Waals surface area (Å²) in [7, 11) is 0. The highest BCUT2D eigenvalue weighted by Crippen LogP contribution is 2.46. The van der Waals surface area contributed by atoms with Crippen LogP contribution in [0, 0.1) is 9.49 Å². The number of benzene rings is 1. The number of carbonyl (C=O) groups is 2. The van der Waals surface area contributed by atoms with Gasteiger partial charge in [0.1, 0.15) is 6.04 Å². The average Bonchev–Trinajstić information content (AvgIpc) is 3.19. The maximum Gasteiger partial charge on any atom is 0.327 e. The molecule has 0 radical (unpaired) electrons. The van der Waals surface area contributed by atoms with Crippen molar-refractivity contribution in [1.29, 1.82) is 0 Å². The number of halogens is 2. The monoisotopic (exact) mass is 481 g/mol. The smallest absolute Gasteiger partial charge is 0.327 e. The van der Waals surface area contributed by atoms with Crippen molar-refractivity contribution in [1.82, 2.24) is 4.90 Å². The second kappa shape index (κ2) is 6.08. The van der Waals surface area contributed by atoms with Gasteiger partial charge in [-0.2, -0.15) is 0 Å². The van der Waals surface area contributed by atoms with Gasteiger partial charge in [0.15, 0.2) is 0 Å². The third-order valence-corrected chi connectivity index (χ3v) is 6.56. The summed E-state index contributed by atoms with van der Waals surface area (Å²) in [5.41, 5.74) is 0.543. The number of amides is 1. The Bertz CT molecular complexity index is 608. The number of carboxylic acids is 1. The molecule has 1 saturated carbocycles. The van der Waals surface area contributed by atoms with Crippen LogP contribution in [0.3, 0.4) is 0 Å². The van der Waals surface area contributed by atoms with Crippen molar-refractivity contribution in [2.45, 2.75) is 24.3 Å². The van der Waals surface area contributed by atoms with Gasteiger partial charge in [-0.05, 0) is 75.5 Å². The fraction of sp³-hybridized carbons (Fsp3) is 0.429. The van der Waals surface area contributed by atoms with Gasteiger partial charge in [-0.3, -0.25) is 4.79 Å². The lowest BCUT2D eigenvalue weighted by Gasteiger charge is -2.28. The Morgan fingerprint density at radius 3 is 2.71 bits per heavy atom. The summed E-state index contributed by atoms with van der Waals surface area (Å²) >= 11 is 7.16. The van der Waals surface area contributed by atoms with Crippen molar-refractivity contribution in [3.63, 3.8) is 0 Å². The third kappa shape index (κ3) is 3.10. The molecule has 1 aromatic carbocycles. The summed E-state index contributed by atoms with van der Waals surface area (Å²) in [5.74, 6) is -0.177. The number of aliphatic carboxylic acids is 1. The van der Waals surface area contributed by atoms with Gasteiger partial charge in [-0.25, -0.2) is 4.79 Å². The Kier molecular flexibility index (Phi) is 4.52. The lowest BCUT2D eigenvalue weighted by Crippen LogP contribution is -2.46. The molecule has 0 bridgehead atoms. The molecular formula is C14H13BrINO3S. The van der Waals surface area contributed by atoms with Crippen LogP contribution in [0.5, 0.6) is 0 Å². The van der Waals surface area contributed by atoms with Crippen LogP contribution in [0.2, 0.25) is 0 Å². The predicted octanol–water partition coefficient (Wildman–Crippen LogP) is 3.43. The maximum atomic E-state index is 12.9. The SMILES string of the molecule is O=C(O)C1CSC(C2CC2)N1C(=O)c1cc(I)ccc1Br. The van der Waals surface area contributed by atoms with E-state index in [0.29, 0.717) is 21.7 Å². The summed E-state index contributed by atoms with van der Waals surface area (Å²) in [6, 6.07) is 4.82. The summed E-state index contributed by atoms with van der Waals surface area (Å²) in [5, 5.41) is 9.41. The van der Waals surface area contributed by atoms with Crippen molar-refractivity contribution in [2.24, 2.45) is 5.92 Å². The van der Waals surface area contributed by atoms with Crippen molar-refractivity contribution in [2.75, 3.05) is 5.75 Å². The molecule has 112 valence electrons. The molecule has 21 heavy (non-hydrogen) atoms. The van der Waals surface area contributed by atoms with Gasteiger partial charge < -0.3 is 10.0 Å². The zero-order valence-corrected chi connectivity index (χ0v) is 15.5. The zero-order chi connectivity index (χ0) is 15.1. The Hall–Kier alpha value is -0.280. The average molecular weight is 482 g/mol. The van der Waals surface area contributed by atoms with Crippen LogP contribution < -0.4 is 0 Å². The molecule has 2 fully saturated rings.